The number of thiazole rings is 1. The Morgan fingerprint density at radius 1 is 1.26 bits per heavy atom. The SMILES string of the molecule is COc1ccc2c(c1)N(CCCS(=O)(=O)O)/C(=C/c1sc3ccc(SC)cc3[n+]1C)S2. The summed E-state index contributed by atoms with van der Waals surface area (Å²) < 4.78 is 40.4. The molecule has 0 aliphatic carbocycles. The topological polar surface area (TPSA) is 70.7 Å². The maximum atomic E-state index is 11.2. The van der Waals surface area contributed by atoms with Crippen molar-refractivity contribution in [3.05, 3.63) is 46.4 Å². The highest BCUT2D eigenvalue weighted by atomic mass is 32.2. The molecule has 0 spiro atoms. The number of nitrogens with zero attached hydrogens (tertiary/aromatic N) is 2. The molecule has 2 aromatic carbocycles. The van der Waals surface area contributed by atoms with Gasteiger partial charge in [-0.05, 0) is 36.9 Å². The smallest absolute Gasteiger partial charge is 0.265 e. The van der Waals surface area contributed by atoms with Crippen molar-refractivity contribution >= 4 is 67.0 Å². The molecule has 1 aromatic heterocycles. The molecular formula is C21H23N2O4S4+. The van der Waals surface area contributed by atoms with Gasteiger partial charge >= 0.3 is 0 Å². The van der Waals surface area contributed by atoms with Crippen LogP contribution < -0.4 is 14.2 Å². The van der Waals surface area contributed by atoms with Gasteiger partial charge in [-0.25, -0.2) is 0 Å². The third-order valence-corrected chi connectivity index (χ3v) is 8.85. The Morgan fingerprint density at radius 2 is 2.06 bits per heavy atom. The molecule has 1 aliphatic heterocycles. The van der Waals surface area contributed by atoms with Crippen LogP contribution in [-0.2, 0) is 17.2 Å². The number of hydrogen-bond acceptors (Lipinski definition) is 7. The second-order valence-electron chi connectivity index (χ2n) is 7.04. The van der Waals surface area contributed by atoms with Gasteiger partial charge in [-0.15, -0.1) is 11.8 Å². The molecule has 4 rings (SSSR count). The number of benzene rings is 2. The lowest BCUT2D eigenvalue weighted by molar-refractivity contribution is -0.642. The van der Waals surface area contributed by atoms with E-state index in [9.17, 15) is 8.42 Å². The summed E-state index contributed by atoms with van der Waals surface area (Å²) >= 11 is 5.10. The van der Waals surface area contributed by atoms with Gasteiger partial charge in [0, 0.05) is 28.5 Å². The Hall–Kier alpha value is -1.72. The van der Waals surface area contributed by atoms with E-state index >= 15 is 0 Å². The first-order valence-corrected chi connectivity index (χ1v) is 14.0. The van der Waals surface area contributed by atoms with Gasteiger partial charge in [-0.2, -0.15) is 13.0 Å². The van der Waals surface area contributed by atoms with E-state index in [4.69, 9.17) is 9.29 Å². The molecule has 164 valence electrons. The average molecular weight is 496 g/mol. The lowest BCUT2D eigenvalue weighted by Gasteiger charge is -2.20. The van der Waals surface area contributed by atoms with E-state index < -0.39 is 10.1 Å². The van der Waals surface area contributed by atoms with E-state index in [1.54, 1.807) is 42.0 Å². The summed E-state index contributed by atoms with van der Waals surface area (Å²) in [5.41, 5.74) is 2.17. The molecule has 0 bridgehead atoms. The van der Waals surface area contributed by atoms with Crippen molar-refractivity contribution in [2.45, 2.75) is 16.2 Å². The fraction of sp³-hybridized carbons (Fsp3) is 0.286. The van der Waals surface area contributed by atoms with Crippen molar-refractivity contribution in [3.8, 4) is 5.75 Å². The van der Waals surface area contributed by atoms with Crippen LogP contribution in [-0.4, -0.2) is 38.6 Å². The first-order valence-electron chi connectivity index (χ1n) is 9.56. The van der Waals surface area contributed by atoms with Crippen molar-refractivity contribution in [1.82, 2.24) is 0 Å². The van der Waals surface area contributed by atoms with Gasteiger partial charge in [0.25, 0.3) is 15.1 Å². The molecule has 3 aromatic rings. The predicted molar refractivity (Wildman–Crippen MR) is 130 cm³/mol. The summed E-state index contributed by atoms with van der Waals surface area (Å²) in [6, 6.07) is 12.4. The van der Waals surface area contributed by atoms with Crippen LogP contribution in [0.25, 0.3) is 16.3 Å². The second-order valence-corrected chi connectivity index (χ2v) is 11.6. The number of ether oxygens (including phenoxy) is 1. The number of methoxy groups -OCH3 is 1. The van der Waals surface area contributed by atoms with Crippen molar-refractivity contribution in [1.29, 1.82) is 0 Å². The standard InChI is InChI=1S/C21H22N2O4S4/c1-22-16-12-15(28-3)6-8-18(16)29-20(22)13-21-23(9-4-10-31(24,25)26)17-11-14(27-2)5-7-19(17)30-21/h5-8,11-13H,4,9-10H2,1-3H3/p+1. The number of thioether (sulfide) groups is 2. The third-order valence-electron chi connectivity index (χ3n) is 5.04. The second kappa shape index (κ2) is 9.03. The Bertz CT molecular complexity index is 1270. The van der Waals surface area contributed by atoms with Crippen LogP contribution in [0.3, 0.4) is 0 Å². The molecule has 0 unspecified atom stereocenters. The average Bonchev–Trinajstić information content (AvgIpc) is 3.24. The van der Waals surface area contributed by atoms with Crippen molar-refractivity contribution in [3.63, 3.8) is 0 Å². The molecule has 0 saturated carbocycles. The van der Waals surface area contributed by atoms with Crippen molar-refractivity contribution < 1.29 is 22.3 Å². The molecule has 2 heterocycles. The Morgan fingerprint density at radius 3 is 2.77 bits per heavy atom. The van der Waals surface area contributed by atoms with Gasteiger partial charge in [-0.1, -0.05) is 23.1 Å². The minimum Gasteiger partial charge on any atom is -0.497 e. The highest BCUT2D eigenvalue weighted by Gasteiger charge is 2.28. The fourth-order valence-corrected chi connectivity index (χ4v) is 6.63. The van der Waals surface area contributed by atoms with Crippen LogP contribution in [0.2, 0.25) is 0 Å². The molecule has 0 radical (unpaired) electrons. The molecule has 6 nitrogen and oxygen atoms in total. The molecule has 0 atom stereocenters. The summed E-state index contributed by atoms with van der Waals surface area (Å²) in [6.45, 7) is 0.476. The summed E-state index contributed by atoms with van der Waals surface area (Å²) in [5.74, 6) is 0.479. The van der Waals surface area contributed by atoms with Gasteiger partial charge in [0.05, 0.1) is 29.7 Å². The molecule has 10 heteroatoms. The first kappa shape index (κ1) is 22.5. The fourth-order valence-electron chi connectivity index (χ4n) is 3.46. The van der Waals surface area contributed by atoms with Gasteiger partial charge in [0.15, 0.2) is 0 Å². The molecular weight excluding hydrogens is 473 g/mol. The minimum absolute atomic E-state index is 0.269. The third kappa shape index (κ3) is 4.88. The number of fused-ring (bicyclic) bond motifs is 2. The number of anilines is 1. The van der Waals surface area contributed by atoms with E-state index in [0.717, 1.165) is 26.4 Å². The Kier molecular flexibility index (Phi) is 6.55. The zero-order valence-electron chi connectivity index (χ0n) is 17.4. The van der Waals surface area contributed by atoms with Crippen LogP contribution in [0.4, 0.5) is 5.69 Å². The highest BCUT2D eigenvalue weighted by molar-refractivity contribution is 8.04. The molecule has 1 aliphatic rings. The van der Waals surface area contributed by atoms with Crippen LogP contribution >= 0.6 is 34.9 Å². The number of aryl methyl sites for hydroxylation is 1. The maximum absolute atomic E-state index is 11.2. The summed E-state index contributed by atoms with van der Waals surface area (Å²) in [4.78, 5) is 4.42. The van der Waals surface area contributed by atoms with E-state index in [1.165, 1.54) is 15.1 Å². The predicted octanol–water partition coefficient (Wildman–Crippen LogP) is 4.64. The Labute approximate surface area is 194 Å². The monoisotopic (exact) mass is 495 g/mol. The molecule has 0 amide bonds. The maximum Gasteiger partial charge on any atom is 0.265 e. The van der Waals surface area contributed by atoms with Crippen LogP contribution in [0.1, 0.15) is 11.4 Å². The van der Waals surface area contributed by atoms with Gasteiger partial charge in [0.2, 0.25) is 5.52 Å². The summed E-state index contributed by atoms with van der Waals surface area (Å²) in [6.07, 6.45) is 4.54. The van der Waals surface area contributed by atoms with E-state index in [2.05, 4.69) is 47.0 Å². The number of aromatic nitrogens is 1. The first-order chi connectivity index (χ1) is 14.8. The summed E-state index contributed by atoms with van der Waals surface area (Å²) in [5, 5.41) is 2.13. The van der Waals surface area contributed by atoms with Crippen molar-refractivity contribution in [2.75, 3.05) is 30.6 Å². The largest absolute Gasteiger partial charge is 0.497 e. The highest BCUT2D eigenvalue weighted by Crippen LogP contribution is 2.48. The van der Waals surface area contributed by atoms with Crippen LogP contribution in [0.15, 0.2) is 51.2 Å². The lowest BCUT2D eigenvalue weighted by atomic mass is 10.2. The Balaban J connectivity index is 1.72. The van der Waals surface area contributed by atoms with Crippen LogP contribution in [0.5, 0.6) is 5.75 Å². The quantitative estimate of drug-likeness (QED) is 0.291. The molecule has 1 N–H and O–H groups in total. The number of rotatable bonds is 7. The van der Waals surface area contributed by atoms with E-state index in [0.29, 0.717) is 13.0 Å². The molecule has 0 saturated heterocycles. The van der Waals surface area contributed by atoms with Gasteiger partial charge in [-0.3, -0.25) is 4.55 Å². The molecule has 31 heavy (non-hydrogen) atoms. The van der Waals surface area contributed by atoms with Gasteiger partial charge in [0.1, 0.15) is 17.5 Å². The van der Waals surface area contributed by atoms with E-state index in [1.807, 2.05) is 18.2 Å². The number of hydrogen-bond donors (Lipinski definition) is 1. The molecule has 0 fully saturated rings. The zero-order valence-corrected chi connectivity index (χ0v) is 20.6. The normalized spacial score (nSPS) is 15.1. The van der Waals surface area contributed by atoms with E-state index in [-0.39, 0.29) is 5.75 Å². The summed E-state index contributed by atoms with van der Waals surface area (Å²) in [7, 11) is -0.303. The van der Waals surface area contributed by atoms with Gasteiger partial charge < -0.3 is 9.64 Å². The van der Waals surface area contributed by atoms with Crippen molar-refractivity contribution in [2.24, 2.45) is 7.05 Å². The minimum atomic E-state index is -3.99. The zero-order chi connectivity index (χ0) is 22.2. The lowest BCUT2D eigenvalue weighted by Crippen LogP contribution is -2.29. The van der Waals surface area contributed by atoms with Crippen LogP contribution in [0, 0.1) is 0 Å².